The molecule has 0 aromatic carbocycles. The third-order valence-corrected chi connectivity index (χ3v) is 2.65. The molecular formula is C10H20O. The third-order valence-electron chi connectivity index (χ3n) is 2.65. The van der Waals surface area contributed by atoms with Gasteiger partial charge < -0.3 is 4.74 Å². The van der Waals surface area contributed by atoms with Crippen LogP contribution in [-0.4, -0.2) is 12.7 Å². The Morgan fingerprint density at radius 1 is 1.55 bits per heavy atom. The van der Waals surface area contributed by atoms with Crippen LogP contribution in [0.15, 0.2) is 0 Å². The average molecular weight is 156 g/mol. The van der Waals surface area contributed by atoms with Crippen molar-refractivity contribution >= 4 is 0 Å². The van der Waals surface area contributed by atoms with Gasteiger partial charge in [0.1, 0.15) is 0 Å². The van der Waals surface area contributed by atoms with Gasteiger partial charge in [-0.25, -0.2) is 0 Å². The number of rotatable bonds is 5. The highest BCUT2D eigenvalue weighted by Gasteiger charge is 2.37. The number of hydrogen-bond acceptors (Lipinski definition) is 1. The molecule has 0 aromatic rings. The van der Waals surface area contributed by atoms with E-state index < -0.39 is 0 Å². The average Bonchev–Trinajstić information content (AvgIpc) is 2.67. The summed E-state index contributed by atoms with van der Waals surface area (Å²) in [6.07, 6.45) is 4.35. The molecule has 3 atom stereocenters. The van der Waals surface area contributed by atoms with Gasteiger partial charge >= 0.3 is 0 Å². The van der Waals surface area contributed by atoms with Crippen molar-refractivity contribution in [1.82, 2.24) is 0 Å². The monoisotopic (exact) mass is 156 g/mol. The molecule has 1 aliphatic carbocycles. The van der Waals surface area contributed by atoms with E-state index in [1.54, 1.807) is 0 Å². The van der Waals surface area contributed by atoms with E-state index in [2.05, 4.69) is 20.8 Å². The van der Waals surface area contributed by atoms with Crippen LogP contribution in [0, 0.1) is 11.8 Å². The first kappa shape index (κ1) is 9.05. The molecule has 66 valence electrons. The van der Waals surface area contributed by atoms with Crippen molar-refractivity contribution in [3.05, 3.63) is 0 Å². The van der Waals surface area contributed by atoms with E-state index in [0.717, 1.165) is 18.4 Å². The lowest BCUT2D eigenvalue weighted by Crippen LogP contribution is -2.12. The largest absolute Gasteiger partial charge is 0.378 e. The van der Waals surface area contributed by atoms with E-state index in [4.69, 9.17) is 4.74 Å². The molecule has 0 aromatic heterocycles. The van der Waals surface area contributed by atoms with Crippen LogP contribution >= 0.6 is 0 Å². The smallest absolute Gasteiger partial charge is 0.0577 e. The van der Waals surface area contributed by atoms with Gasteiger partial charge in [0.15, 0.2) is 0 Å². The Kier molecular flexibility index (Phi) is 3.38. The summed E-state index contributed by atoms with van der Waals surface area (Å²) in [7, 11) is 0. The van der Waals surface area contributed by atoms with Crippen molar-refractivity contribution in [1.29, 1.82) is 0 Å². The highest BCUT2D eigenvalue weighted by Crippen LogP contribution is 2.41. The maximum atomic E-state index is 5.68. The van der Waals surface area contributed by atoms with Gasteiger partial charge in [0, 0.05) is 6.61 Å². The molecule has 0 N–H and O–H groups in total. The summed E-state index contributed by atoms with van der Waals surface area (Å²) in [6, 6.07) is 0. The Morgan fingerprint density at radius 2 is 2.18 bits per heavy atom. The quantitative estimate of drug-likeness (QED) is 0.556. The molecule has 0 spiro atoms. The molecule has 0 saturated heterocycles. The van der Waals surface area contributed by atoms with Crippen LogP contribution in [0.4, 0.5) is 0 Å². The van der Waals surface area contributed by atoms with Crippen LogP contribution in [0.5, 0.6) is 0 Å². The van der Waals surface area contributed by atoms with E-state index in [1.807, 2.05) is 0 Å². The predicted octanol–water partition coefficient (Wildman–Crippen LogP) is 2.85. The van der Waals surface area contributed by atoms with Crippen molar-refractivity contribution < 1.29 is 4.74 Å². The zero-order valence-corrected chi connectivity index (χ0v) is 7.97. The van der Waals surface area contributed by atoms with Crippen molar-refractivity contribution in [2.24, 2.45) is 11.8 Å². The van der Waals surface area contributed by atoms with Crippen LogP contribution < -0.4 is 0 Å². The van der Waals surface area contributed by atoms with Crippen molar-refractivity contribution in [2.45, 2.75) is 46.1 Å². The minimum absolute atomic E-state index is 0.511. The van der Waals surface area contributed by atoms with Gasteiger partial charge in [-0.3, -0.25) is 0 Å². The molecule has 1 aliphatic rings. The molecule has 0 heterocycles. The zero-order valence-electron chi connectivity index (χ0n) is 7.97. The second-order valence-electron chi connectivity index (χ2n) is 3.81. The highest BCUT2D eigenvalue weighted by atomic mass is 16.5. The maximum absolute atomic E-state index is 5.68. The van der Waals surface area contributed by atoms with Crippen LogP contribution in [0.25, 0.3) is 0 Å². The zero-order chi connectivity index (χ0) is 8.27. The second kappa shape index (κ2) is 4.10. The van der Waals surface area contributed by atoms with E-state index in [-0.39, 0.29) is 0 Å². The Balaban J connectivity index is 1.98. The van der Waals surface area contributed by atoms with Crippen LogP contribution in [-0.2, 0) is 4.74 Å². The van der Waals surface area contributed by atoms with Gasteiger partial charge in [-0.2, -0.15) is 0 Å². The predicted molar refractivity (Wildman–Crippen MR) is 47.6 cm³/mol. The lowest BCUT2D eigenvalue weighted by Gasteiger charge is -2.11. The number of ether oxygens (including phenoxy) is 1. The van der Waals surface area contributed by atoms with Crippen LogP contribution in [0.3, 0.4) is 0 Å². The van der Waals surface area contributed by atoms with Crippen LogP contribution in [0.1, 0.15) is 40.0 Å². The Morgan fingerprint density at radius 3 is 2.64 bits per heavy atom. The van der Waals surface area contributed by atoms with Gasteiger partial charge in [-0.05, 0) is 31.6 Å². The van der Waals surface area contributed by atoms with Gasteiger partial charge in [0.2, 0.25) is 0 Å². The molecule has 1 heteroatoms. The summed E-state index contributed by atoms with van der Waals surface area (Å²) in [6.45, 7) is 7.68. The summed E-state index contributed by atoms with van der Waals surface area (Å²) >= 11 is 0. The molecule has 11 heavy (non-hydrogen) atoms. The molecule has 1 saturated carbocycles. The Hall–Kier alpha value is -0.0400. The summed E-state index contributed by atoms with van der Waals surface area (Å²) in [5, 5.41) is 0. The second-order valence-corrected chi connectivity index (χ2v) is 3.81. The highest BCUT2D eigenvalue weighted by molar-refractivity contribution is 4.86. The SMILES string of the molecule is CCCCOC(C)C1CC1C. The van der Waals surface area contributed by atoms with Crippen molar-refractivity contribution in [3.8, 4) is 0 Å². The topological polar surface area (TPSA) is 9.23 Å². The fraction of sp³-hybridized carbons (Fsp3) is 1.00. The van der Waals surface area contributed by atoms with Crippen molar-refractivity contribution in [2.75, 3.05) is 6.61 Å². The first-order valence-corrected chi connectivity index (χ1v) is 4.87. The number of hydrogen-bond donors (Lipinski definition) is 0. The Bertz CT molecular complexity index is 111. The molecule has 0 radical (unpaired) electrons. The van der Waals surface area contributed by atoms with Gasteiger partial charge in [-0.1, -0.05) is 20.3 Å². The van der Waals surface area contributed by atoms with Crippen molar-refractivity contribution in [3.63, 3.8) is 0 Å². The molecule has 0 bridgehead atoms. The lowest BCUT2D eigenvalue weighted by atomic mass is 10.2. The summed E-state index contributed by atoms with van der Waals surface area (Å²) in [5.41, 5.74) is 0. The molecule has 1 nitrogen and oxygen atoms in total. The van der Waals surface area contributed by atoms with E-state index >= 15 is 0 Å². The normalized spacial score (nSPS) is 31.9. The van der Waals surface area contributed by atoms with E-state index in [1.165, 1.54) is 19.3 Å². The van der Waals surface area contributed by atoms with E-state index in [9.17, 15) is 0 Å². The molecule has 0 aliphatic heterocycles. The van der Waals surface area contributed by atoms with Crippen LogP contribution in [0.2, 0.25) is 0 Å². The summed E-state index contributed by atoms with van der Waals surface area (Å²) in [4.78, 5) is 0. The molecular weight excluding hydrogens is 136 g/mol. The van der Waals surface area contributed by atoms with Gasteiger partial charge in [0.25, 0.3) is 0 Å². The Labute approximate surface area is 70.1 Å². The fourth-order valence-electron chi connectivity index (χ4n) is 1.54. The first-order valence-electron chi connectivity index (χ1n) is 4.87. The maximum Gasteiger partial charge on any atom is 0.0577 e. The molecule has 1 fully saturated rings. The fourth-order valence-corrected chi connectivity index (χ4v) is 1.54. The molecule has 0 amide bonds. The molecule has 1 rings (SSSR count). The number of unbranched alkanes of at least 4 members (excludes halogenated alkanes) is 1. The third kappa shape index (κ3) is 2.82. The minimum Gasteiger partial charge on any atom is -0.378 e. The summed E-state index contributed by atoms with van der Waals surface area (Å²) < 4.78 is 5.68. The van der Waals surface area contributed by atoms with Gasteiger partial charge in [-0.15, -0.1) is 0 Å². The summed E-state index contributed by atoms with van der Waals surface area (Å²) in [5.74, 6) is 1.79. The van der Waals surface area contributed by atoms with E-state index in [0.29, 0.717) is 6.10 Å². The standard InChI is InChI=1S/C10H20O/c1-4-5-6-11-9(3)10-7-8(10)2/h8-10H,4-7H2,1-3H3. The lowest BCUT2D eigenvalue weighted by molar-refractivity contribution is 0.0464. The van der Waals surface area contributed by atoms with Gasteiger partial charge in [0.05, 0.1) is 6.10 Å². The first-order chi connectivity index (χ1) is 5.25. The molecule has 3 unspecified atom stereocenters. The minimum atomic E-state index is 0.511.